The number of hydrogen-bond acceptors (Lipinski definition) is 2. The predicted octanol–water partition coefficient (Wildman–Crippen LogP) is 5.11. The summed E-state index contributed by atoms with van der Waals surface area (Å²) in [4.78, 5) is 0. The van der Waals surface area contributed by atoms with Crippen molar-refractivity contribution in [2.24, 2.45) is 17.3 Å². The third-order valence-corrected chi connectivity index (χ3v) is 4.23. The van der Waals surface area contributed by atoms with Gasteiger partial charge in [0.05, 0.1) is 5.69 Å². The van der Waals surface area contributed by atoms with Crippen molar-refractivity contribution in [1.82, 2.24) is 15.0 Å². The third-order valence-electron chi connectivity index (χ3n) is 4.23. The molecule has 0 bridgehead atoms. The van der Waals surface area contributed by atoms with Crippen LogP contribution in [0.3, 0.4) is 0 Å². The highest BCUT2D eigenvalue weighted by molar-refractivity contribution is 4.95. The largest absolute Gasteiger partial charge is 0.252 e. The van der Waals surface area contributed by atoms with Gasteiger partial charge in [-0.3, -0.25) is 4.68 Å². The molecule has 21 heavy (non-hydrogen) atoms. The highest BCUT2D eigenvalue weighted by atomic mass is 15.4. The molecule has 0 aliphatic rings. The predicted molar refractivity (Wildman–Crippen MR) is 90.3 cm³/mol. The lowest BCUT2D eigenvalue weighted by molar-refractivity contribution is 0.373. The Bertz CT molecular complexity index is 387. The fraction of sp³-hybridized carbons (Fsp3) is 0.889. The normalized spacial score (nSPS) is 13.9. The van der Waals surface area contributed by atoms with Crippen LogP contribution in [0.2, 0.25) is 0 Å². The first-order valence-electron chi connectivity index (χ1n) is 8.67. The lowest BCUT2D eigenvalue weighted by atomic mass is 9.91. The summed E-state index contributed by atoms with van der Waals surface area (Å²) >= 11 is 0. The lowest BCUT2D eigenvalue weighted by Crippen LogP contribution is -2.09. The molecule has 1 unspecified atom stereocenters. The van der Waals surface area contributed by atoms with Gasteiger partial charge in [-0.2, -0.15) is 0 Å². The summed E-state index contributed by atoms with van der Waals surface area (Å²) < 4.78 is 2.01. The van der Waals surface area contributed by atoms with Gasteiger partial charge in [0.2, 0.25) is 0 Å². The molecule has 1 atom stereocenters. The number of unbranched alkanes of at least 4 members (excludes halogenated alkanes) is 3. The van der Waals surface area contributed by atoms with Crippen LogP contribution in [0.1, 0.15) is 79.3 Å². The Morgan fingerprint density at radius 1 is 1.05 bits per heavy atom. The van der Waals surface area contributed by atoms with Crippen LogP contribution >= 0.6 is 0 Å². The molecule has 0 saturated heterocycles. The van der Waals surface area contributed by atoms with Gasteiger partial charge in [-0.25, -0.2) is 0 Å². The van der Waals surface area contributed by atoms with Crippen LogP contribution in [0.4, 0.5) is 0 Å². The van der Waals surface area contributed by atoms with Crippen LogP contribution in [0, 0.1) is 17.3 Å². The average Bonchev–Trinajstić information content (AvgIpc) is 2.78. The Labute approximate surface area is 131 Å². The van der Waals surface area contributed by atoms with Crippen molar-refractivity contribution in [3.63, 3.8) is 0 Å². The Hall–Kier alpha value is -0.860. The molecule has 1 aromatic heterocycles. The van der Waals surface area contributed by atoms with Crippen molar-refractivity contribution >= 4 is 0 Å². The monoisotopic (exact) mass is 293 g/mol. The minimum atomic E-state index is 0.286. The van der Waals surface area contributed by atoms with E-state index in [0.717, 1.165) is 30.5 Å². The van der Waals surface area contributed by atoms with Gasteiger partial charge in [0.15, 0.2) is 0 Å². The fourth-order valence-electron chi connectivity index (χ4n) is 2.50. The van der Waals surface area contributed by atoms with Gasteiger partial charge in [0.25, 0.3) is 0 Å². The molecule has 0 amide bonds. The second-order valence-electron chi connectivity index (χ2n) is 8.13. The Balaban J connectivity index is 2.13. The van der Waals surface area contributed by atoms with Crippen molar-refractivity contribution in [2.75, 3.05) is 0 Å². The van der Waals surface area contributed by atoms with Crippen molar-refractivity contribution < 1.29 is 0 Å². The van der Waals surface area contributed by atoms with E-state index in [0.29, 0.717) is 0 Å². The molecule has 0 radical (unpaired) electrons. The molecule has 0 N–H and O–H groups in total. The summed E-state index contributed by atoms with van der Waals surface area (Å²) in [5, 5.41) is 8.51. The van der Waals surface area contributed by atoms with Crippen LogP contribution in [-0.2, 0) is 13.0 Å². The molecule has 122 valence electrons. The van der Waals surface area contributed by atoms with Gasteiger partial charge in [-0.05, 0) is 30.1 Å². The van der Waals surface area contributed by atoms with E-state index < -0.39 is 0 Å². The first kappa shape index (κ1) is 18.2. The van der Waals surface area contributed by atoms with Gasteiger partial charge in [-0.15, -0.1) is 5.10 Å². The van der Waals surface area contributed by atoms with E-state index in [1.54, 1.807) is 0 Å². The van der Waals surface area contributed by atoms with E-state index >= 15 is 0 Å². The molecule has 0 saturated carbocycles. The van der Waals surface area contributed by atoms with Gasteiger partial charge in [0.1, 0.15) is 0 Å². The highest BCUT2D eigenvalue weighted by Gasteiger charge is 2.13. The summed E-state index contributed by atoms with van der Waals surface area (Å²) in [6, 6.07) is 0. The summed E-state index contributed by atoms with van der Waals surface area (Å²) in [7, 11) is 0. The van der Waals surface area contributed by atoms with E-state index in [1.807, 2.05) is 4.68 Å². The van der Waals surface area contributed by atoms with Crippen LogP contribution in [0.25, 0.3) is 0 Å². The first-order chi connectivity index (χ1) is 9.78. The summed E-state index contributed by atoms with van der Waals surface area (Å²) in [5.41, 5.74) is 1.40. The van der Waals surface area contributed by atoms with Gasteiger partial charge in [-0.1, -0.05) is 72.4 Å². The number of nitrogens with zero attached hydrogens (tertiary/aromatic N) is 3. The lowest BCUT2D eigenvalue weighted by Gasteiger charge is -2.15. The van der Waals surface area contributed by atoms with Crippen molar-refractivity contribution in [2.45, 2.75) is 86.6 Å². The Kier molecular flexibility index (Phi) is 7.41. The fourth-order valence-corrected chi connectivity index (χ4v) is 2.50. The van der Waals surface area contributed by atoms with E-state index in [4.69, 9.17) is 0 Å². The van der Waals surface area contributed by atoms with Crippen LogP contribution < -0.4 is 0 Å². The maximum Gasteiger partial charge on any atom is 0.0832 e. The van der Waals surface area contributed by atoms with Crippen LogP contribution in [-0.4, -0.2) is 15.0 Å². The molecule has 0 spiro atoms. The van der Waals surface area contributed by atoms with Crippen molar-refractivity contribution in [3.05, 3.63) is 11.9 Å². The van der Waals surface area contributed by atoms with Gasteiger partial charge >= 0.3 is 0 Å². The van der Waals surface area contributed by atoms with Crippen molar-refractivity contribution in [1.29, 1.82) is 0 Å². The maximum absolute atomic E-state index is 4.27. The zero-order valence-electron chi connectivity index (χ0n) is 15.0. The molecular weight excluding hydrogens is 258 g/mol. The van der Waals surface area contributed by atoms with Crippen LogP contribution in [0.5, 0.6) is 0 Å². The minimum Gasteiger partial charge on any atom is -0.252 e. The second-order valence-corrected chi connectivity index (χ2v) is 8.13. The van der Waals surface area contributed by atoms with E-state index in [-0.39, 0.29) is 5.41 Å². The molecule has 3 heteroatoms. The topological polar surface area (TPSA) is 30.7 Å². The minimum absolute atomic E-state index is 0.286. The summed E-state index contributed by atoms with van der Waals surface area (Å²) in [5.74, 6) is 1.68. The smallest absolute Gasteiger partial charge is 0.0832 e. The highest BCUT2D eigenvalue weighted by Crippen LogP contribution is 2.19. The molecule has 1 rings (SSSR count). The second kappa shape index (κ2) is 8.55. The number of aryl methyl sites for hydroxylation is 1. The molecule has 0 aromatic carbocycles. The zero-order chi connectivity index (χ0) is 15.9. The van der Waals surface area contributed by atoms with E-state index in [1.165, 1.54) is 32.1 Å². The molecule has 1 aromatic rings. The first-order valence-corrected chi connectivity index (χ1v) is 8.67. The number of hydrogen-bond donors (Lipinski definition) is 0. The number of rotatable bonds is 9. The third kappa shape index (κ3) is 8.23. The van der Waals surface area contributed by atoms with Gasteiger partial charge < -0.3 is 0 Å². The van der Waals surface area contributed by atoms with Crippen LogP contribution in [0.15, 0.2) is 6.20 Å². The Morgan fingerprint density at radius 2 is 1.71 bits per heavy atom. The quantitative estimate of drug-likeness (QED) is 0.592. The Morgan fingerprint density at radius 3 is 2.33 bits per heavy atom. The molecule has 1 heterocycles. The molecule has 0 aliphatic carbocycles. The molecular formula is C18H35N3. The average molecular weight is 293 g/mol. The zero-order valence-corrected chi connectivity index (χ0v) is 15.0. The van der Waals surface area contributed by atoms with Crippen molar-refractivity contribution in [3.8, 4) is 0 Å². The van der Waals surface area contributed by atoms with E-state index in [2.05, 4.69) is 58.1 Å². The molecule has 0 fully saturated rings. The SMILES string of the molecule is CC(C)C(C)CCCCCCn1cc(CC(C)(C)C)nn1. The summed E-state index contributed by atoms with van der Waals surface area (Å²) in [6.07, 6.45) is 9.73. The van der Waals surface area contributed by atoms with E-state index in [9.17, 15) is 0 Å². The maximum atomic E-state index is 4.27. The molecule has 3 nitrogen and oxygen atoms in total. The van der Waals surface area contributed by atoms with Gasteiger partial charge in [0, 0.05) is 12.7 Å². The number of aromatic nitrogens is 3. The summed E-state index contributed by atoms with van der Waals surface area (Å²) in [6.45, 7) is 14.8. The standard InChI is InChI=1S/C18H35N3/c1-15(2)16(3)11-9-7-8-10-12-21-14-17(19-20-21)13-18(4,5)6/h14-16H,7-13H2,1-6H3. The molecule has 0 aliphatic heterocycles.